The first-order chi connectivity index (χ1) is 13.7. The Kier molecular flexibility index (Phi) is 5.50. The highest BCUT2D eigenvalue weighted by atomic mass is 16.5. The Bertz CT molecular complexity index is 837. The second-order valence-electron chi connectivity index (χ2n) is 7.40. The zero-order chi connectivity index (χ0) is 19.4. The van der Waals surface area contributed by atoms with Crippen LogP contribution in [-0.4, -0.2) is 51.4 Å². The van der Waals surface area contributed by atoms with E-state index in [1.54, 1.807) is 0 Å². The number of hydrogen-bond donors (Lipinski definition) is 0. The number of aromatic nitrogens is 4. The van der Waals surface area contributed by atoms with Gasteiger partial charge in [0, 0.05) is 13.1 Å². The molecule has 0 bridgehead atoms. The van der Waals surface area contributed by atoms with Crippen LogP contribution in [0.5, 0.6) is 0 Å². The fraction of sp³-hybridized carbons (Fsp3) is 0.409. The Hall–Kier alpha value is -2.57. The third-order valence-electron chi connectivity index (χ3n) is 5.85. The second-order valence-corrected chi connectivity index (χ2v) is 7.40. The number of hydrogen-bond acceptors (Lipinski definition) is 5. The highest BCUT2D eigenvalue weighted by Gasteiger charge is 2.39. The molecule has 1 aliphatic rings. The summed E-state index contributed by atoms with van der Waals surface area (Å²) in [6.07, 6.45) is 0.920. The first kappa shape index (κ1) is 18.8. The number of morpholine rings is 1. The van der Waals surface area contributed by atoms with Crippen molar-refractivity contribution >= 4 is 0 Å². The highest BCUT2D eigenvalue weighted by molar-refractivity contribution is 5.33. The maximum Gasteiger partial charge on any atom is 0.172 e. The fourth-order valence-corrected chi connectivity index (χ4v) is 4.05. The van der Waals surface area contributed by atoms with E-state index in [9.17, 15) is 0 Å². The molecule has 146 valence electrons. The molecule has 0 spiro atoms. The Morgan fingerprint density at radius 3 is 2.07 bits per heavy atom. The first-order valence-corrected chi connectivity index (χ1v) is 9.95. The van der Waals surface area contributed by atoms with Gasteiger partial charge in [-0.2, -0.15) is 0 Å². The maximum absolute atomic E-state index is 5.57. The van der Waals surface area contributed by atoms with Crippen LogP contribution in [0.25, 0.3) is 0 Å². The monoisotopic (exact) mass is 377 g/mol. The third-order valence-corrected chi connectivity index (χ3v) is 5.85. The Balaban J connectivity index is 1.82. The molecule has 0 saturated carbocycles. The van der Waals surface area contributed by atoms with Gasteiger partial charge in [-0.25, -0.2) is 4.68 Å². The van der Waals surface area contributed by atoms with Crippen LogP contribution in [0.2, 0.25) is 0 Å². The Morgan fingerprint density at radius 2 is 1.54 bits per heavy atom. The molecular weight excluding hydrogens is 350 g/mol. The van der Waals surface area contributed by atoms with Crippen molar-refractivity contribution in [1.82, 2.24) is 25.1 Å². The van der Waals surface area contributed by atoms with Gasteiger partial charge in [-0.1, -0.05) is 67.6 Å². The van der Waals surface area contributed by atoms with Crippen LogP contribution in [-0.2, 0) is 10.3 Å². The van der Waals surface area contributed by atoms with Gasteiger partial charge < -0.3 is 4.74 Å². The average Bonchev–Trinajstić information content (AvgIpc) is 3.25. The molecule has 2 aromatic carbocycles. The maximum atomic E-state index is 5.57. The quantitative estimate of drug-likeness (QED) is 0.660. The smallest absolute Gasteiger partial charge is 0.172 e. The van der Waals surface area contributed by atoms with Gasteiger partial charge in [-0.3, -0.25) is 4.90 Å². The summed E-state index contributed by atoms with van der Waals surface area (Å²) in [5.41, 5.74) is 2.08. The fourth-order valence-electron chi connectivity index (χ4n) is 4.05. The van der Waals surface area contributed by atoms with Gasteiger partial charge in [-0.15, -0.1) is 5.10 Å². The molecule has 0 N–H and O–H groups in total. The summed E-state index contributed by atoms with van der Waals surface area (Å²) < 4.78 is 7.58. The molecule has 1 aliphatic heterocycles. The predicted molar refractivity (Wildman–Crippen MR) is 108 cm³/mol. The van der Waals surface area contributed by atoms with Crippen molar-refractivity contribution in [2.45, 2.75) is 31.8 Å². The molecule has 3 aromatic rings. The molecule has 0 amide bonds. The van der Waals surface area contributed by atoms with E-state index in [0.29, 0.717) is 0 Å². The summed E-state index contributed by atoms with van der Waals surface area (Å²) in [4.78, 5) is 2.45. The molecular formula is C22H27N5O. The molecule has 1 fully saturated rings. The molecule has 6 heteroatoms. The van der Waals surface area contributed by atoms with E-state index in [0.717, 1.165) is 38.5 Å². The van der Waals surface area contributed by atoms with E-state index in [4.69, 9.17) is 4.74 Å². The number of tetrazole rings is 1. The van der Waals surface area contributed by atoms with Crippen molar-refractivity contribution in [2.24, 2.45) is 0 Å². The van der Waals surface area contributed by atoms with Crippen LogP contribution in [0, 0.1) is 0 Å². The average molecular weight is 377 g/mol. The van der Waals surface area contributed by atoms with Gasteiger partial charge in [0.2, 0.25) is 0 Å². The molecule has 2 heterocycles. The van der Waals surface area contributed by atoms with Crippen molar-refractivity contribution in [3.05, 3.63) is 77.6 Å². The molecule has 6 nitrogen and oxygen atoms in total. The van der Waals surface area contributed by atoms with Crippen molar-refractivity contribution < 1.29 is 4.74 Å². The van der Waals surface area contributed by atoms with E-state index < -0.39 is 0 Å². The van der Waals surface area contributed by atoms with Crippen LogP contribution < -0.4 is 0 Å². The summed E-state index contributed by atoms with van der Waals surface area (Å²) in [7, 11) is 0. The normalized spacial score (nSPS) is 17.5. The summed E-state index contributed by atoms with van der Waals surface area (Å²) in [6, 6.07) is 20.8. The van der Waals surface area contributed by atoms with Gasteiger partial charge in [0.15, 0.2) is 5.82 Å². The van der Waals surface area contributed by atoms with Crippen LogP contribution in [0.4, 0.5) is 0 Å². The lowest BCUT2D eigenvalue weighted by Crippen LogP contribution is -2.51. The van der Waals surface area contributed by atoms with Crippen LogP contribution in [0.15, 0.2) is 60.7 Å². The molecule has 4 rings (SSSR count). The minimum Gasteiger partial charge on any atom is -0.379 e. The lowest BCUT2D eigenvalue weighted by Gasteiger charge is -2.42. The summed E-state index contributed by atoms with van der Waals surface area (Å²) in [6.45, 7) is 7.72. The molecule has 1 saturated heterocycles. The van der Waals surface area contributed by atoms with Gasteiger partial charge in [0.05, 0.1) is 18.8 Å². The third kappa shape index (κ3) is 3.45. The molecule has 0 radical (unpaired) electrons. The standard InChI is InChI=1S/C22H27N5O/c1-3-22(2,26-14-16-28-17-15-26)21-23-24-25-27(21)20(18-10-6-4-7-11-18)19-12-8-5-9-13-19/h4-13,20H,3,14-17H2,1-2H3. The zero-order valence-corrected chi connectivity index (χ0v) is 16.5. The zero-order valence-electron chi connectivity index (χ0n) is 16.5. The van der Waals surface area contributed by atoms with E-state index >= 15 is 0 Å². The molecule has 1 unspecified atom stereocenters. The molecule has 1 aromatic heterocycles. The lowest BCUT2D eigenvalue weighted by molar-refractivity contribution is -0.0250. The minimum absolute atomic E-state index is 0.0701. The van der Waals surface area contributed by atoms with E-state index in [1.165, 1.54) is 11.1 Å². The topological polar surface area (TPSA) is 56.1 Å². The molecule has 28 heavy (non-hydrogen) atoms. The lowest BCUT2D eigenvalue weighted by atomic mass is 9.92. The Labute approximate surface area is 166 Å². The predicted octanol–water partition coefficient (Wildman–Crippen LogP) is 3.27. The summed E-state index contributed by atoms with van der Waals surface area (Å²) >= 11 is 0. The first-order valence-electron chi connectivity index (χ1n) is 9.95. The van der Waals surface area contributed by atoms with Crippen molar-refractivity contribution in [1.29, 1.82) is 0 Å². The number of rotatable bonds is 6. The van der Waals surface area contributed by atoms with Gasteiger partial charge in [-0.05, 0) is 34.9 Å². The van der Waals surface area contributed by atoms with Gasteiger partial charge in [0.25, 0.3) is 0 Å². The number of benzene rings is 2. The van der Waals surface area contributed by atoms with E-state index in [-0.39, 0.29) is 11.6 Å². The van der Waals surface area contributed by atoms with Crippen LogP contribution in [0.1, 0.15) is 43.3 Å². The number of nitrogens with zero attached hydrogens (tertiary/aromatic N) is 5. The van der Waals surface area contributed by atoms with Crippen LogP contribution >= 0.6 is 0 Å². The van der Waals surface area contributed by atoms with Gasteiger partial charge in [0.1, 0.15) is 6.04 Å². The molecule has 0 aliphatic carbocycles. The van der Waals surface area contributed by atoms with Crippen molar-refractivity contribution in [3.8, 4) is 0 Å². The van der Waals surface area contributed by atoms with E-state index in [2.05, 4.69) is 82.8 Å². The van der Waals surface area contributed by atoms with E-state index in [1.807, 2.05) is 16.8 Å². The largest absolute Gasteiger partial charge is 0.379 e. The molecule has 1 atom stereocenters. The van der Waals surface area contributed by atoms with Crippen LogP contribution in [0.3, 0.4) is 0 Å². The van der Waals surface area contributed by atoms with Crippen molar-refractivity contribution in [2.75, 3.05) is 26.3 Å². The Morgan fingerprint density at radius 1 is 0.964 bits per heavy atom. The highest BCUT2D eigenvalue weighted by Crippen LogP contribution is 2.35. The summed E-state index contributed by atoms with van der Waals surface area (Å²) in [5, 5.41) is 13.1. The second kappa shape index (κ2) is 8.20. The minimum atomic E-state index is -0.255. The SMILES string of the molecule is CCC(C)(c1nnnn1C(c1ccccc1)c1ccccc1)N1CCOCC1. The number of ether oxygens (including phenoxy) is 1. The summed E-state index contributed by atoms with van der Waals surface area (Å²) in [5.74, 6) is 0.898. The van der Waals surface area contributed by atoms with Crippen molar-refractivity contribution in [3.63, 3.8) is 0 Å². The van der Waals surface area contributed by atoms with Gasteiger partial charge >= 0.3 is 0 Å².